The highest BCUT2D eigenvalue weighted by molar-refractivity contribution is 5.86. The van der Waals surface area contributed by atoms with Gasteiger partial charge in [-0.15, -0.1) is 0 Å². The average molecular weight is 378 g/mol. The van der Waals surface area contributed by atoms with Crippen molar-refractivity contribution in [3.8, 4) is 0 Å². The van der Waals surface area contributed by atoms with Crippen LogP contribution in [-0.2, 0) is 33.5 Å². The lowest BCUT2D eigenvalue weighted by atomic mass is 10.0. The van der Waals surface area contributed by atoms with Gasteiger partial charge in [0.15, 0.2) is 0 Å². The van der Waals surface area contributed by atoms with Crippen LogP contribution in [0, 0.1) is 0 Å². The highest BCUT2D eigenvalue weighted by atomic mass is 17.2. The lowest BCUT2D eigenvalue weighted by Gasteiger charge is -2.26. The third-order valence-electron chi connectivity index (χ3n) is 2.92. The Morgan fingerprint density at radius 3 is 2.35 bits per heavy atom. The second-order valence-electron chi connectivity index (χ2n) is 6.10. The van der Waals surface area contributed by atoms with Gasteiger partial charge in [0.05, 0.1) is 25.4 Å². The average Bonchev–Trinajstić information content (AvgIpc) is 2.55. The number of carbonyl (C=O) groups is 2. The van der Waals surface area contributed by atoms with Gasteiger partial charge in [0.1, 0.15) is 13.2 Å². The zero-order valence-corrected chi connectivity index (χ0v) is 15.9. The largest absolute Gasteiger partial charge is 0.505 e. The SMILES string of the molecule is C=C(C)C(=O)OCCOCCOC(COC(=O)O)OOC(C)(C)CCC. The molecule has 0 aromatic carbocycles. The molecule has 9 nitrogen and oxygen atoms in total. The molecule has 0 aromatic rings. The fourth-order valence-electron chi connectivity index (χ4n) is 1.73. The zero-order chi connectivity index (χ0) is 20.0. The Hall–Kier alpha value is -1.68. The maximum Gasteiger partial charge on any atom is 0.505 e. The molecule has 0 fully saturated rings. The molecule has 0 saturated heterocycles. The number of rotatable bonds is 15. The molecular weight excluding hydrogens is 348 g/mol. The van der Waals surface area contributed by atoms with Crippen molar-refractivity contribution in [1.29, 1.82) is 0 Å². The van der Waals surface area contributed by atoms with Crippen LogP contribution in [0.15, 0.2) is 12.2 Å². The second-order valence-corrected chi connectivity index (χ2v) is 6.10. The van der Waals surface area contributed by atoms with Gasteiger partial charge in [-0.2, -0.15) is 0 Å². The minimum Gasteiger partial charge on any atom is -0.460 e. The summed E-state index contributed by atoms with van der Waals surface area (Å²) in [4.78, 5) is 32.1. The van der Waals surface area contributed by atoms with Gasteiger partial charge < -0.3 is 24.1 Å². The van der Waals surface area contributed by atoms with E-state index in [0.717, 1.165) is 12.8 Å². The molecule has 0 aromatic heterocycles. The first-order valence-electron chi connectivity index (χ1n) is 8.40. The van der Waals surface area contributed by atoms with Crippen molar-refractivity contribution in [2.75, 3.05) is 33.0 Å². The molecule has 0 aliphatic carbocycles. The van der Waals surface area contributed by atoms with E-state index in [0.29, 0.717) is 5.57 Å². The Kier molecular flexibility index (Phi) is 12.6. The molecule has 0 bridgehead atoms. The monoisotopic (exact) mass is 378 g/mol. The standard InChI is InChI=1S/C17H30O9/c1-6-7-17(4,5)26-25-14(12-24-16(19)20)22-10-8-21-9-11-23-15(18)13(2)3/h14H,2,6-12H2,1,3-5H3,(H,19,20). The van der Waals surface area contributed by atoms with E-state index in [-0.39, 0.29) is 33.0 Å². The molecule has 1 unspecified atom stereocenters. The van der Waals surface area contributed by atoms with Gasteiger partial charge >= 0.3 is 12.1 Å². The van der Waals surface area contributed by atoms with Crippen molar-refractivity contribution >= 4 is 12.1 Å². The van der Waals surface area contributed by atoms with E-state index < -0.39 is 24.0 Å². The first-order valence-corrected chi connectivity index (χ1v) is 8.40. The molecule has 1 atom stereocenters. The summed E-state index contributed by atoms with van der Waals surface area (Å²) >= 11 is 0. The molecule has 0 radical (unpaired) electrons. The van der Waals surface area contributed by atoms with Crippen molar-refractivity contribution < 1.29 is 43.4 Å². The Balaban J connectivity index is 4.05. The van der Waals surface area contributed by atoms with Crippen molar-refractivity contribution in [1.82, 2.24) is 0 Å². The Morgan fingerprint density at radius 2 is 1.77 bits per heavy atom. The number of carbonyl (C=O) groups excluding carboxylic acids is 1. The molecule has 152 valence electrons. The van der Waals surface area contributed by atoms with E-state index >= 15 is 0 Å². The van der Waals surface area contributed by atoms with Crippen LogP contribution in [0.2, 0.25) is 0 Å². The number of hydrogen-bond donors (Lipinski definition) is 1. The van der Waals surface area contributed by atoms with Crippen LogP contribution in [0.4, 0.5) is 4.79 Å². The highest BCUT2D eigenvalue weighted by Gasteiger charge is 2.22. The number of ether oxygens (including phenoxy) is 4. The fourth-order valence-corrected chi connectivity index (χ4v) is 1.73. The predicted molar refractivity (Wildman–Crippen MR) is 91.5 cm³/mol. The summed E-state index contributed by atoms with van der Waals surface area (Å²) in [6, 6.07) is 0. The Labute approximate surface area is 154 Å². The minimum absolute atomic E-state index is 0.0993. The van der Waals surface area contributed by atoms with Crippen molar-refractivity contribution in [2.24, 2.45) is 0 Å². The van der Waals surface area contributed by atoms with E-state index in [1.165, 1.54) is 0 Å². The molecule has 0 aliphatic heterocycles. The highest BCUT2D eigenvalue weighted by Crippen LogP contribution is 2.18. The van der Waals surface area contributed by atoms with E-state index in [2.05, 4.69) is 11.3 Å². The summed E-state index contributed by atoms with van der Waals surface area (Å²) in [5.74, 6) is -0.476. The molecule has 0 spiro atoms. The quantitative estimate of drug-likeness (QED) is 0.115. The van der Waals surface area contributed by atoms with Crippen LogP contribution < -0.4 is 0 Å². The maximum absolute atomic E-state index is 11.2. The summed E-state index contributed by atoms with van der Waals surface area (Å²) in [6.07, 6.45) is -0.805. The van der Waals surface area contributed by atoms with Crippen molar-refractivity contribution in [3.05, 3.63) is 12.2 Å². The Bertz CT molecular complexity index is 434. The topological polar surface area (TPSA) is 110 Å². The van der Waals surface area contributed by atoms with Crippen molar-refractivity contribution in [3.63, 3.8) is 0 Å². The van der Waals surface area contributed by atoms with Crippen LogP contribution in [-0.4, -0.2) is 62.2 Å². The molecule has 1 N–H and O–H groups in total. The van der Waals surface area contributed by atoms with Crippen LogP contribution in [0.5, 0.6) is 0 Å². The number of carboxylic acid groups (broad SMARTS) is 1. The van der Waals surface area contributed by atoms with Crippen LogP contribution >= 0.6 is 0 Å². The van der Waals surface area contributed by atoms with E-state index in [4.69, 9.17) is 29.1 Å². The van der Waals surface area contributed by atoms with E-state index in [9.17, 15) is 9.59 Å². The van der Waals surface area contributed by atoms with Crippen LogP contribution in [0.3, 0.4) is 0 Å². The predicted octanol–water partition coefficient (Wildman–Crippen LogP) is 2.69. The molecule has 0 aliphatic rings. The molecule has 0 amide bonds. The van der Waals surface area contributed by atoms with Crippen LogP contribution in [0.1, 0.15) is 40.5 Å². The summed E-state index contributed by atoms with van der Waals surface area (Å²) in [6.45, 7) is 11.0. The van der Waals surface area contributed by atoms with Gasteiger partial charge in [0.25, 0.3) is 0 Å². The van der Waals surface area contributed by atoms with Gasteiger partial charge in [-0.25, -0.2) is 19.4 Å². The zero-order valence-electron chi connectivity index (χ0n) is 15.9. The molecule has 0 rings (SSSR count). The van der Waals surface area contributed by atoms with Crippen LogP contribution in [0.25, 0.3) is 0 Å². The first-order chi connectivity index (χ1) is 12.2. The molecular formula is C17H30O9. The smallest absolute Gasteiger partial charge is 0.460 e. The summed E-state index contributed by atoms with van der Waals surface area (Å²) in [7, 11) is 0. The van der Waals surface area contributed by atoms with E-state index in [1.807, 2.05) is 20.8 Å². The fraction of sp³-hybridized carbons (Fsp3) is 0.765. The first kappa shape index (κ1) is 24.3. The third kappa shape index (κ3) is 13.6. The second kappa shape index (κ2) is 13.5. The van der Waals surface area contributed by atoms with Gasteiger partial charge in [-0.3, -0.25) is 0 Å². The maximum atomic E-state index is 11.2. The van der Waals surface area contributed by atoms with Gasteiger partial charge in [0, 0.05) is 5.57 Å². The molecule has 0 heterocycles. The summed E-state index contributed by atoms with van der Waals surface area (Å²) in [5, 5.41) is 8.58. The lowest BCUT2D eigenvalue weighted by molar-refractivity contribution is -0.423. The van der Waals surface area contributed by atoms with Gasteiger partial charge in [0.2, 0.25) is 6.29 Å². The summed E-state index contributed by atoms with van der Waals surface area (Å²) < 4.78 is 19.9. The molecule has 26 heavy (non-hydrogen) atoms. The minimum atomic E-state index is -1.44. The van der Waals surface area contributed by atoms with Crippen molar-refractivity contribution in [2.45, 2.75) is 52.4 Å². The van der Waals surface area contributed by atoms with Gasteiger partial charge in [-0.05, 0) is 27.2 Å². The van der Waals surface area contributed by atoms with E-state index in [1.54, 1.807) is 6.92 Å². The lowest BCUT2D eigenvalue weighted by Crippen LogP contribution is -2.32. The number of hydrogen-bond acceptors (Lipinski definition) is 8. The summed E-state index contributed by atoms with van der Waals surface area (Å²) in [5.41, 5.74) is -0.221. The normalized spacial score (nSPS) is 12.5. The molecule has 9 heteroatoms. The van der Waals surface area contributed by atoms with Gasteiger partial charge in [-0.1, -0.05) is 19.9 Å². The third-order valence-corrected chi connectivity index (χ3v) is 2.92. The molecule has 0 saturated carbocycles. The Morgan fingerprint density at radius 1 is 1.12 bits per heavy atom. The number of esters is 1.